The normalized spacial score (nSPS) is 33.6. The lowest BCUT2D eigenvalue weighted by atomic mass is 9.81. The molecule has 0 bridgehead atoms. The van der Waals surface area contributed by atoms with Gasteiger partial charge in [0.2, 0.25) is 0 Å². The Hall–Kier alpha value is -0.610. The van der Waals surface area contributed by atoms with Crippen LogP contribution in [0.4, 0.5) is 0 Å². The van der Waals surface area contributed by atoms with Gasteiger partial charge < -0.3 is 15.5 Å². The van der Waals surface area contributed by atoms with Crippen molar-refractivity contribution >= 4 is 5.97 Å². The molecule has 3 N–H and O–H groups in total. The van der Waals surface area contributed by atoms with Crippen LogP contribution in [0.5, 0.6) is 0 Å². The summed E-state index contributed by atoms with van der Waals surface area (Å²) in [7, 11) is 0. The molecule has 0 aromatic carbocycles. The van der Waals surface area contributed by atoms with Gasteiger partial charge in [-0.3, -0.25) is 4.79 Å². The van der Waals surface area contributed by atoms with Gasteiger partial charge in [0.25, 0.3) is 0 Å². The highest BCUT2D eigenvalue weighted by atomic mass is 16.4. The number of hydrogen-bond acceptors (Lipinski definition) is 3. The minimum absolute atomic E-state index is 0.188. The second-order valence-electron chi connectivity index (χ2n) is 3.90. The van der Waals surface area contributed by atoms with Crippen LogP contribution < -0.4 is 5.32 Å². The summed E-state index contributed by atoms with van der Waals surface area (Å²) < 4.78 is 0. The lowest BCUT2D eigenvalue weighted by Gasteiger charge is -2.35. The molecule has 70 valence electrons. The fourth-order valence-electron chi connectivity index (χ4n) is 1.62. The molecule has 1 unspecified atom stereocenters. The van der Waals surface area contributed by atoms with Crippen molar-refractivity contribution in [2.24, 2.45) is 0 Å². The van der Waals surface area contributed by atoms with Crippen molar-refractivity contribution in [3.8, 4) is 0 Å². The van der Waals surface area contributed by atoms with Crippen LogP contribution in [-0.2, 0) is 4.79 Å². The number of nitrogens with one attached hydrogen (secondary N) is 1. The van der Waals surface area contributed by atoms with Gasteiger partial charge in [-0.25, -0.2) is 0 Å². The molecule has 4 heteroatoms. The van der Waals surface area contributed by atoms with Crippen LogP contribution in [0.3, 0.4) is 0 Å². The fourth-order valence-corrected chi connectivity index (χ4v) is 1.62. The third kappa shape index (κ3) is 1.44. The second kappa shape index (κ2) is 2.71. The number of carbonyl (C=O) groups is 1. The van der Waals surface area contributed by atoms with E-state index in [1.54, 1.807) is 0 Å². The maximum atomic E-state index is 10.5. The summed E-state index contributed by atoms with van der Waals surface area (Å²) >= 11 is 0. The number of carboxylic acids is 1. The molecule has 1 atom stereocenters. The Labute approximate surface area is 71.6 Å². The number of carboxylic acid groups (broad SMARTS) is 1. The fraction of sp³-hybridized carbons (Fsp3) is 0.875. The molecule has 0 aromatic heterocycles. The third-order valence-corrected chi connectivity index (χ3v) is 2.71. The summed E-state index contributed by atoms with van der Waals surface area (Å²) in [5.74, 6) is -0.950. The SMILES string of the molecule is CC1(C)NCCC1(O)CC(=O)O. The molecule has 1 heterocycles. The van der Waals surface area contributed by atoms with Crippen molar-refractivity contribution in [2.75, 3.05) is 6.54 Å². The molecule has 0 saturated carbocycles. The van der Waals surface area contributed by atoms with Crippen LogP contribution in [-0.4, -0.2) is 33.9 Å². The van der Waals surface area contributed by atoms with Crippen molar-refractivity contribution in [3.05, 3.63) is 0 Å². The van der Waals surface area contributed by atoms with Gasteiger partial charge in [-0.05, 0) is 26.8 Å². The lowest BCUT2D eigenvalue weighted by molar-refractivity contribution is -0.144. The summed E-state index contributed by atoms with van der Waals surface area (Å²) in [6.45, 7) is 4.32. The number of aliphatic hydroxyl groups is 1. The summed E-state index contributed by atoms with van der Waals surface area (Å²) in [6.07, 6.45) is 0.319. The van der Waals surface area contributed by atoms with E-state index in [1.807, 2.05) is 13.8 Å². The molecule has 1 rings (SSSR count). The predicted octanol–water partition coefficient (Wildman–Crippen LogP) is -0.0359. The third-order valence-electron chi connectivity index (χ3n) is 2.71. The van der Waals surface area contributed by atoms with Gasteiger partial charge >= 0.3 is 5.97 Å². The summed E-state index contributed by atoms with van der Waals surface area (Å²) in [5.41, 5.74) is -1.59. The smallest absolute Gasteiger partial charge is 0.306 e. The Morgan fingerprint density at radius 1 is 1.58 bits per heavy atom. The molecule has 0 aliphatic carbocycles. The molecular formula is C8H15NO3. The molecule has 1 aliphatic heterocycles. The predicted molar refractivity (Wildman–Crippen MR) is 43.9 cm³/mol. The Morgan fingerprint density at radius 2 is 2.17 bits per heavy atom. The number of hydrogen-bond donors (Lipinski definition) is 3. The minimum Gasteiger partial charge on any atom is -0.481 e. The minimum atomic E-state index is -1.10. The Bertz CT molecular complexity index is 202. The van der Waals surface area contributed by atoms with Gasteiger partial charge in [0.05, 0.1) is 12.0 Å². The van der Waals surface area contributed by atoms with Gasteiger partial charge in [-0.15, -0.1) is 0 Å². The van der Waals surface area contributed by atoms with Crippen molar-refractivity contribution in [2.45, 2.75) is 37.8 Å². The topological polar surface area (TPSA) is 69.6 Å². The molecule has 1 fully saturated rings. The zero-order chi connectivity index (χ0) is 9.41. The van der Waals surface area contributed by atoms with Crippen LogP contribution in [0.15, 0.2) is 0 Å². The molecule has 12 heavy (non-hydrogen) atoms. The number of aliphatic carboxylic acids is 1. The molecular weight excluding hydrogens is 158 g/mol. The maximum Gasteiger partial charge on any atom is 0.306 e. The van der Waals surface area contributed by atoms with E-state index < -0.39 is 17.1 Å². The molecule has 0 radical (unpaired) electrons. The highest BCUT2D eigenvalue weighted by Gasteiger charge is 2.48. The Balaban J connectivity index is 2.75. The van der Waals surface area contributed by atoms with E-state index in [2.05, 4.69) is 5.32 Å². The van der Waals surface area contributed by atoms with Crippen molar-refractivity contribution in [1.82, 2.24) is 5.32 Å². The van der Waals surface area contributed by atoms with Crippen molar-refractivity contribution in [1.29, 1.82) is 0 Å². The lowest BCUT2D eigenvalue weighted by Crippen LogP contribution is -2.52. The highest BCUT2D eigenvalue weighted by Crippen LogP contribution is 2.33. The van der Waals surface area contributed by atoms with Gasteiger partial charge in [-0.1, -0.05) is 0 Å². The summed E-state index contributed by atoms with van der Waals surface area (Å²) in [5, 5.41) is 21.6. The quantitative estimate of drug-likeness (QED) is 0.548. The van der Waals surface area contributed by atoms with Crippen LogP contribution in [0, 0.1) is 0 Å². The monoisotopic (exact) mass is 173 g/mol. The van der Waals surface area contributed by atoms with Gasteiger partial charge in [0.1, 0.15) is 0 Å². The van der Waals surface area contributed by atoms with Crippen LogP contribution in [0.2, 0.25) is 0 Å². The van der Waals surface area contributed by atoms with E-state index >= 15 is 0 Å². The Morgan fingerprint density at radius 3 is 2.50 bits per heavy atom. The van der Waals surface area contributed by atoms with Crippen molar-refractivity contribution in [3.63, 3.8) is 0 Å². The van der Waals surface area contributed by atoms with Crippen LogP contribution in [0.1, 0.15) is 26.7 Å². The van der Waals surface area contributed by atoms with E-state index in [0.29, 0.717) is 13.0 Å². The largest absolute Gasteiger partial charge is 0.481 e. The molecule has 1 aliphatic rings. The van der Waals surface area contributed by atoms with Gasteiger partial charge in [-0.2, -0.15) is 0 Å². The maximum absolute atomic E-state index is 10.5. The highest BCUT2D eigenvalue weighted by molar-refractivity contribution is 5.68. The summed E-state index contributed by atoms with van der Waals surface area (Å²) in [6, 6.07) is 0. The standard InChI is InChI=1S/C8H15NO3/c1-7(2)8(12,3-4-9-7)5-6(10)11/h9,12H,3-5H2,1-2H3,(H,10,11). The first kappa shape index (κ1) is 9.48. The molecule has 1 saturated heterocycles. The van der Waals surface area contributed by atoms with Crippen LogP contribution >= 0.6 is 0 Å². The van der Waals surface area contributed by atoms with E-state index in [-0.39, 0.29) is 6.42 Å². The molecule has 0 amide bonds. The molecule has 4 nitrogen and oxygen atoms in total. The summed E-state index contributed by atoms with van der Waals surface area (Å²) in [4.78, 5) is 10.5. The number of rotatable bonds is 2. The van der Waals surface area contributed by atoms with Crippen LogP contribution in [0.25, 0.3) is 0 Å². The Kier molecular flexibility index (Phi) is 2.14. The van der Waals surface area contributed by atoms with Gasteiger partial charge in [0, 0.05) is 5.54 Å². The average Bonchev–Trinajstić information content (AvgIpc) is 2.05. The zero-order valence-corrected chi connectivity index (χ0v) is 7.42. The van der Waals surface area contributed by atoms with Crippen molar-refractivity contribution < 1.29 is 15.0 Å². The average molecular weight is 173 g/mol. The van der Waals surface area contributed by atoms with E-state index in [0.717, 1.165) is 0 Å². The molecule has 0 aromatic rings. The zero-order valence-electron chi connectivity index (χ0n) is 7.42. The van der Waals surface area contributed by atoms with E-state index in [1.165, 1.54) is 0 Å². The first-order valence-corrected chi connectivity index (χ1v) is 4.07. The van der Waals surface area contributed by atoms with Gasteiger partial charge in [0.15, 0.2) is 0 Å². The first-order chi connectivity index (χ1) is 5.37. The molecule has 0 spiro atoms. The van der Waals surface area contributed by atoms with E-state index in [4.69, 9.17) is 5.11 Å². The first-order valence-electron chi connectivity index (χ1n) is 4.07. The second-order valence-corrected chi connectivity index (χ2v) is 3.90. The van der Waals surface area contributed by atoms with E-state index in [9.17, 15) is 9.90 Å².